The Bertz CT molecular complexity index is 380. The largest absolute Gasteiger partial charge is 0.491 e. The summed E-state index contributed by atoms with van der Waals surface area (Å²) in [6.45, 7) is 2.89. The molecule has 0 aliphatic heterocycles. The maximum absolute atomic E-state index is 11.1. The second kappa shape index (κ2) is 6.62. The first kappa shape index (κ1) is 13.2. The van der Waals surface area contributed by atoms with Crippen LogP contribution in [0.3, 0.4) is 0 Å². The number of likely N-dealkylation sites (N-methyl/N-ethyl adjacent to an activating group) is 1. The first-order valence-corrected chi connectivity index (χ1v) is 5.64. The van der Waals surface area contributed by atoms with Gasteiger partial charge >= 0.3 is 0 Å². The summed E-state index contributed by atoms with van der Waals surface area (Å²) in [7, 11) is 1.60. The Hall–Kier alpha value is -1.91. The lowest BCUT2D eigenvalue weighted by atomic mass is 10.2. The molecule has 0 fully saturated rings. The summed E-state index contributed by atoms with van der Waals surface area (Å²) < 4.78 is 5.49. The molecule has 5 heteroatoms. The van der Waals surface area contributed by atoms with E-state index in [0.29, 0.717) is 18.0 Å². The van der Waals surface area contributed by atoms with Gasteiger partial charge in [0.1, 0.15) is 5.75 Å². The third-order valence-electron chi connectivity index (χ3n) is 2.21. The van der Waals surface area contributed by atoms with Gasteiger partial charge in [-0.25, -0.2) is 0 Å². The molecule has 1 aromatic rings. The average Bonchev–Trinajstić information content (AvgIpc) is 2.35. The van der Waals surface area contributed by atoms with E-state index in [1.54, 1.807) is 19.2 Å². The first-order valence-electron chi connectivity index (χ1n) is 5.64. The molecule has 4 N–H and O–H groups in total. The van der Waals surface area contributed by atoms with Crippen LogP contribution in [0.5, 0.6) is 5.75 Å². The third-order valence-corrected chi connectivity index (χ3v) is 2.21. The van der Waals surface area contributed by atoms with E-state index < -0.39 is 0 Å². The Morgan fingerprint density at radius 3 is 2.88 bits per heavy atom. The van der Waals surface area contributed by atoms with Crippen molar-refractivity contribution >= 4 is 17.3 Å². The number of hydrogen-bond acceptors (Lipinski definition) is 4. The van der Waals surface area contributed by atoms with Crippen LogP contribution in [-0.2, 0) is 4.79 Å². The summed E-state index contributed by atoms with van der Waals surface area (Å²) in [5.41, 5.74) is 7.19. The van der Waals surface area contributed by atoms with Crippen LogP contribution in [0.1, 0.15) is 13.3 Å². The minimum absolute atomic E-state index is 0.0714. The highest BCUT2D eigenvalue weighted by Crippen LogP contribution is 2.25. The standard InChI is InChI=1S/C12H19N3O2/c1-3-6-17-11-7-9(4-5-10(11)13)15-8-12(16)14-2/h4-5,7,15H,3,6,8,13H2,1-2H3,(H,14,16). The zero-order valence-corrected chi connectivity index (χ0v) is 10.2. The number of amides is 1. The van der Waals surface area contributed by atoms with Gasteiger partial charge in [-0.05, 0) is 18.6 Å². The van der Waals surface area contributed by atoms with Crippen LogP contribution < -0.4 is 21.1 Å². The smallest absolute Gasteiger partial charge is 0.239 e. The zero-order chi connectivity index (χ0) is 12.7. The number of nitrogen functional groups attached to an aromatic ring is 1. The van der Waals surface area contributed by atoms with E-state index in [-0.39, 0.29) is 12.5 Å². The van der Waals surface area contributed by atoms with Gasteiger partial charge in [-0.15, -0.1) is 0 Å². The van der Waals surface area contributed by atoms with Crippen molar-refractivity contribution in [1.29, 1.82) is 0 Å². The molecule has 0 aliphatic carbocycles. The molecular weight excluding hydrogens is 218 g/mol. The molecule has 0 atom stereocenters. The predicted molar refractivity (Wildman–Crippen MR) is 69.2 cm³/mol. The van der Waals surface area contributed by atoms with E-state index in [9.17, 15) is 4.79 Å². The van der Waals surface area contributed by atoms with Crippen molar-refractivity contribution in [2.75, 3.05) is 31.2 Å². The lowest BCUT2D eigenvalue weighted by Gasteiger charge is -2.11. The average molecular weight is 237 g/mol. The fourth-order valence-electron chi connectivity index (χ4n) is 1.25. The number of carbonyl (C=O) groups is 1. The number of anilines is 2. The van der Waals surface area contributed by atoms with Crippen LogP contribution in [0.15, 0.2) is 18.2 Å². The molecular formula is C12H19N3O2. The van der Waals surface area contributed by atoms with E-state index >= 15 is 0 Å². The molecule has 1 amide bonds. The molecule has 0 aromatic heterocycles. The van der Waals surface area contributed by atoms with Crippen molar-refractivity contribution in [3.05, 3.63) is 18.2 Å². The molecule has 0 spiro atoms. The normalized spacial score (nSPS) is 9.76. The predicted octanol–water partition coefficient (Wildman–Crippen LogP) is 1.22. The van der Waals surface area contributed by atoms with Crippen molar-refractivity contribution in [2.45, 2.75) is 13.3 Å². The SMILES string of the molecule is CCCOc1cc(NCC(=O)NC)ccc1N. The first-order chi connectivity index (χ1) is 8.17. The summed E-state index contributed by atoms with van der Waals surface area (Å²) >= 11 is 0. The van der Waals surface area contributed by atoms with Gasteiger partial charge in [0.15, 0.2) is 0 Å². The molecule has 0 saturated carbocycles. The van der Waals surface area contributed by atoms with Gasteiger partial charge in [-0.2, -0.15) is 0 Å². The van der Waals surface area contributed by atoms with Crippen molar-refractivity contribution in [3.8, 4) is 5.75 Å². The molecule has 0 aliphatic rings. The highest BCUT2D eigenvalue weighted by atomic mass is 16.5. The Balaban J connectivity index is 2.64. The Morgan fingerprint density at radius 2 is 2.24 bits per heavy atom. The summed E-state index contributed by atoms with van der Waals surface area (Å²) in [5, 5.41) is 5.53. The number of benzene rings is 1. The third kappa shape index (κ3) is 4.22. The molecule has 5 nitrogen and oxygen atoms in total. The van der Waals surface area contributed by atoms with Crippen LogP contribution in [0.2, 0.25) is 0 Å². The summed E-state index contributed by atoms with van der Waals surface area (Å²) in [5.74, 6) is 0.576. The van der Waals surface area contributed by atoms with Gasteiger partial charge in [-0.3, -0.25) is 4.79 Å². The molecule has 17 heavy (non-hydrogen) atoms. The highest BCUT2D eigenvalue weighted by molar-refractivity contribution is 5.80. The second-order valence-corrected chi connectivity index (χ2v) is 3.63. The van der Waals surface area contributed by atoms with Crippen LogP contribution in [0.4, 0.5) is 11.4 Å². The number of hydrogen-bond donors (Lipinski definition) is 3. The summed E-state index contributed by atoms with van der Waals surface area (Å²) in [4.78, 5) is 11.1. The second-order valence-electron chi connectivity index (χ2n) is 3.63. The minimum atomic E-state index is -0.0714. The van der Waals surface area contributed by atoms with E-state index in [2.05, 4.69) is 10.6 Å². The molecule has 0 bridgehead atoms. The van der Waals surface area contributed by atoms with Gasteiger partial charge in [-0.1, -0.05) is 6.92 Å². The van der Waals surface area contributed by atoms with Crippen molar-refractivity contribution < 1.29 is 9.53 Å². The maximum atomic E-state index is 11.1. The maximum Gasteiger partial charge on any atom is 0.239 e. The van der Waals surface area contributed by atoms with E-state index in [0.717, 1.165) is 12.1 Å². The quantitative estimate of drug-likeness (QED) is 0.650. The van der Waals surface area contributed by atoms with Crippen molar-refractivity contribution in [3.63, 3.8) is 0 Å². The minimum Gasteiger partial charge on any atom is -0.491 e. The van der Waals surface area contributed by atoms with Crippen LogP contribution in [-0.4, -0.2) is 26.1 Å². The molecule has 0 saturated heterocycles. The summed E-state index contributed by atoms with van der Waals surface area (Å²) in [6.07, 6.45) is 0.926. The molecule has 1 rings (SSSR count). The Labute approximate surface area is 101 Å². The van der Waals surface area contributed by atoms with Crippen LogP contribution in [0, 0.1) is 0 Å². The monoisotopic (exact) mass is 237 g/mol. The fourth-order valence-corrected chi connectivity index (χ4v) is 1.25. The number of carbonyl (C=O) groups excluding carboxylic acids is 1. The zero-order valence-electron chi connectivity index (χ0n) is 10.2. The Morgan fingerprint density at radius 1 is 1.47 bits per heavy atom. The molecule has 0 heterocycles. The van der Waals surface area contributed by atoms with Crippen LogP contribution in [0.25, 0.3) is 0 Å². The van der Waals surface area contributed by atoms with E-state index in [4.69, 9.17) is 10.5 Å². The van der Waals surface area contributed by atoms with Gasteiger partial charge in [0, 0.05) is 18.8 Å². The number of rotatable bonds is 6. The van der Waals surface area contributed by atoms with Gasteiger partial charge < -0.3 is 21.1 Å². The van der Waals surface area contributed by atoms with Gasteiger partial charge in [0.05, 0.1) is 18.8 Å². The van der Waals surface area contributed by atoms with E-state index in [1.165, 1.54) is 0 Å². The summed E-state index contributed by atoms with van der Waals surface area (Å²) in [6, 6.07) is 5.38. The number of nitrogens with two attached hydrogens (primary N) is 1. The molecule has 94 valence electrons. The lowest BCUT2D eigenvalue weighted by Crippen LogP contribution is -2.26. The molecule has 1 aromatic carbocycles. The van der Waals surface area contributed by atoms with Crippen molar-refractivity contribution in [1.82, 2.24) is 5.32 Å². The van der Waals surface area contributed by atoms with Gasteiger partial charge in [0.2, 0.25) is 5.91 Å². The van der Waals surface area contributed by atoms with Gasteiger partial charge in [0.25, 0.3) is 0 Å². The topological polar surface area (TPSA) is 76.4 Å². The Kier molecular flexibility index (Phi) is 5.13. The highest BCUT2D eigenvalue weighted by Gasteiger charge is 2.03. The number of ether oxygens (including phenoxy) is 1. The fraction of sp³-hybridized carbons (Fsp3) is 0.417. The van der Waals surface area contributed by atoms with Crippen molar-refractivity contribution in [2.24, 2.45) is 0 Å². The van der Waals surface area contributed by atoms with Crippen LogP contribution >= 0.6 is 0 Å². The number of nitrogens with one attached hydrogen (secondary N) is 2. The van der Waals surface area contributed by atoms with E-state index in [1.807, 2.05) is 13.0 Å². The lowest BCUT2D eigenvalue weighted by molar-refractivity contribution is -0.118. The molecule has 0 unspecified atom stereocenters. The molecule has 0 radical (unpaired) electrons.